The molecule has 0 aromatic heterocycles. The van der Waals surface area contributed by atoms with Crippen LogP contribution in [0.4, 0.5) is 5.69 Å². The van der Waals surface area contributed by atoms with Crippen molar-refractivity contribution in [2.24, 2.45) is 9.98 Å². The number of hydrogen-bond donors (Lipinski definition) is 2. The van der Waals surface area contributed by atoms with Crippen LogP contribution in [0.2, 0.25) is 15.1 Å². The molecule has 2 aromatic carbocycles. The van der Waals surface area contributed by atoms with E-state index in [9.17, 15) is 0 Å². The number of nitrogens with zero attached hydrogens (tertiary/aromatic N) is 2. The summed E-state index contributed by atoms with van der Waals surface area (Å²) in [5, 5.41) is 9.67. The van der Waals surface area contributed by atoms with Crippen molar-refractivity contribution in [2.45, 2.75) is 13.5 Å². The third kappa shape index (κ3) is 5.42. The first kappa shape index (κ1) is 19.1. The first-order valence-electron chi connectivity index (χ1n) is 7.71. The molecule has 8 heteroatoms. The number of thioether (sulfide) groups is 1. The van der Waals surface area contributed by atoms with E-state index in [1.165, 1.54) is 11.8 Å². The van der Waals surface area contributed by atoms with Gasteiger partial charge in [0.15, 0.2) is 10.3 Å². The molecule has 0 saturated carbocycles. The highest BCUT2D eigenvalue weighted by molar-refractivity contribution is 8.29. The lowest BCUT2D eigenvalue weighted by Crippen LogP contribution is -2.19. The number of amidine groups is 2. The van der Waals surface area contributed by atoms with Crippen LogP contribution in [0.5, 0.6) is 0 Å². The average molecular weight is 426 g/mol. The summed E-state index contributed by atoms with van der Waals surface area (Å²) < 4.78 is 0. The Morgan fingerprint density at radius 3 is 2.54 bits per heavy atom. The molecule has 0 saturated heterocycles. The van der Waals surface area contributed by atoms with Crippen LogP contribution in [-0.2, 0) is 6.54 Å². The number of aliphatic imine (C=N–C) groups is 2. The zero-order valence-corrected chi connectivity index (χ0v) is 16.8. The van der Waals surface area contributed by atoms with Crippen LogP contribution in [-0.4, -0.2) is 10.3 Å². The van der Waals surface area contributed by atoms with Crippen LogP contribution in [0.15, 0.2) is 64.3 Å². The van der Waals surface area contributed by atoms with Gasteiger partial charge in [0.05, 0.1) is 10.0 Å². The van der Waals surface area contributed by atoms with Crippen LogP contribution in [0, 0.1) is 0 Å². The number of nitrogens with one attached hydrogen (secondary N) is 2. The Morgan fingerprint density at radius 1 is 1.12 bits per heavy atom. The van der Waals surface area contributed by atoms with Crippen molar-refractivity contribution in [2.75, 3.05) is 5.32 Å². The molecule has 1 aliphatic rings. The Balaban J connectivity index is 1.50. The summed E-state index contributed by atoms with van der Waals surface area (Å²) in [4.78, 5) is 8.66. The first-order chi connectivity index (χ1) is 12.5. The molecule has 134 valence electrons. The molecule has 0 bridgehead atoms. The fourth-order valence-electron chi connectivity index (χ4n) is 2.03. The second-order valence-electron chi connectivity index (χ2n) is 5.48. The van der Waals surface area contributed by atoms with Gasteiger partial charge in [-0.3, -0.25) is 0 Å². The molecule has 0 fully saturated rings. The molecule has 0 spiro atoms. The van der Waals surface area contributed by atoms with E-state index in [1.807, 2.05) is 37.3 Å². The fraction of sp³-hybridized carbons (Fsp3) is 0.111. The van der Waals surface area contributed by atoms with Crippen LogP contribution in [0.25, 0.3) is 0 Å². The summed E-state index contributed by atoms with van der Waals surface area (Å²) in [6.45, 7) is 2.67. The third-order valence-electron chi connectivity index (χ3n) is 3.41. The lowest BCUT2D eigenvalue weighted by Gasteiger charge is -2.16. The predicted molar refractivity (Wildman–Crippen MR) is 115 cm³/mol. The number of hydrogen-bond acceptors (Lipinski definition) is 4. The van der Waals surface area contributed by atoms with E-state index in [-0.39, 0.29) is 0 Å². The molecule has 3 rings (SSSR count). The summed E-state index contributed by atoms with van der Waals surface area (Å²) in [5.41, 5.74) is 2.94. The minimum absolute atomic E-state index is 0.501. The maximum atomic E-state index is 5.99. The zero-order chi connectivity index (χ0) is 18.5. The van der Waals surface area contributed by atoms with E-state index < -0.39 is 0 Å². The third-order valence-corrected chi connectivity index (χ3v) is 5.17. The van der Waals surface area contributed by atoms with Crippen molar-refractivity contribution >= 4 is 62.6 Å². The molecule has 0 atom stereocenters. The van der Waals surface area contributed by atoms with Gasteiger partial charge in [-0.15, -0.1) is 0 Å². The molecule has 0 aliphatic carbocycles. The molecule has 1 aliphatic heterocycles. The maximum absolute atomic E-state index is 5.99. The van der Waals surface area contributed by atoms with Crippen LogP contribution in [0.3, 0.4) is 0 Å². The average Bonchev–Trinajstić information content (AvgIpc) is 2.59. The van der Waals surface area contributed by atoms with Crippen molar-refractivity contribution in [3.8, 4) is 0 Å². The lowest BCUT2D eigenvalue weighted by atomic mass is 10.2. The Morgan fingerprint density at radius 2 is 1.85 bits per heavy atom. The number of benzene rings is 2. The van der Waals surface area contributed by atoms with E-state index in [1.54, 1.807) is 18.3 Å². The number of allylic oxidation sites excluding steroid dienone is 1. The highest BCUT2D eigenvalue weighted by atomic mass is 35.5. The summed E-state index contributed by atoms with van der Waals surface area (Å²) in [7, 11) is 0. The van der Waals surface area contributed by atoms with Gasteiger partial charge in [-0.1, -0.05) is 46.9 Å². The van der Waals surface area contributed by atoms with Crippen LogP contribution in [0.1, 0.15) is 12.5 Å². The van der Waals surface area contributed by atoms with E-state index in [2.05, 4.69) is 20.6 Å². The highest BCUT2D eigenvalue weighted by Crippen LogP contribution is 2.27. The van der Waals surface area contributed by atoms with E-state index in [4.69, 9.17) is 34.8 Å². The van der Waals surface area contributed by atoms with Gasteiger partial charge in [0, 0.05) is 29.2 Å². The Hall–Kier alpha value is -1.66. The summed E-state index contributed by atoms with van der Waals surface area (Å²) in [6, 6.07) is 13.1. The Bertz CT molecular complexity index is 892. The minimum atomic E-state index is 0.501. The SMILES string of the molecule is CC(=CN=C1N=C(Nc2ccc(Cl)c(Cl)c2)S1)NCc1ccc(Cl)cc1. The number of rotatable bonds is 5. The van der Waals surface area contributed by atoms with Crippen molar-refractivity contribution in [1.29, 1.82) is 0 Å². The van der Waals surface area contributed by atoms with Gasteiger partial charge < -0.3 is 10.6 Å². The van der Waals surface area contributed by atoms with Crippen LogP contribution >= 0.6 is 46.6 Å². The largest absolute Gasteiger partial charge is 0.383 e. The summed E-state index contributed by atoms with van der Waals surface area (Å²) >= 11 is 19.2. The summed E-state index contributed by atoms with van der Waals surface area (Å²) in [6.07, 6.45) is 1.76. The van der Waals surface area contributed by atoms with Gasteiger partial charge in [0.1, 0.15) is 0 Å². The van der Waals surface area contributed by atoms with Crippen LogP contribution < -0.4 is 10.6 Å². The molecule has 0 radical (unpaired) electrons. The number of halogens is 3. The van der Waals surface area contributed by atoms with Crippen molar-refractivity contribution < 1.29 is 0 Å². The Kier molecular flexibility index (Phi) is 6.48. The highest BCUT2D eigenvalue weighted by Gasteiger charge is 2.17. The van der Waals surface area contributed by atoms with Gasteiger partial charge in [-0.2, -0.15) is 4.99 Å². The van der Waals surface area contributed by atoms with Gasteiger partial charge in [0.25, 0.3) is 0 Å². The molecule has 0 amide bonds. The topological polar surface area (TPSA) is 48.8 Å². The second-order valence-corrected chi connectivity index (χ2v) is 7.68. The standard InChI is InChI=1S/C18H15Cl3N4S/c1-11(22-10-12-2-4-13(19)5-3-12)9-23-17-25-18(26-17)24-14-6-7-15(20)16(21)8-14/h2-9,22H,10H2,1H3,(H,23,24,25). The minimum Gasteiger partial charge on any atom is -0.383 e. The molecule has 1 heterocycles. The normalized spacial score (nSPS) is 15.5. The Labute approximate surface area is 171 Å². The fourth-order valence-corrected chi connectivity index (χ4v) is 3.04. The summed E-state index contributed by atoms with van der Waals surface area (Å²) in [5.74, 6) is 0. The van der Waals surface area contributed by atoms with Crippen molar-refractivity contribution in [3.63, 3.8) is 0 Å². The van der Waals surface area contributed by atoms with E-state index in [0.29, 0.717) is 21.8 Å². The maximum Gasteiger partial charge on any atom is 0.197 e. The number of anilines is 1. The van der Waals surface area contributed by atoms with E-state index in [0.717, 1.165) is 27.1 Å². The molecule has 26 heavy (non-hydrogen) atoms. The van der Waals surface area contributed by atoms with E-state index >= 15 is 0 Å². The van der Waals surface area contributed by atoms with Crippen molar-refractivity contribution in [1.82, 2.24) is 5.32 Å². The van der Waals surface area contributed by atoms with Gasteiger partial charge in [-0.05, 0) is 54.6 Å². The van der Waals surface area contributed by atoms with Gasteiger partial charge in [0.2, 0.25) is 0 Å². The van der Waals surface area contributed by atoms with Gasteiger partial charge >= 0.3 is 0 Å². The lowest BCUT2D eigenvalue weighted by molar-refractivity contribution is 0.808. The molecule has 0 unspecified atom stereocenters. The molecule has 4 nitrogen and oxygen atoms in total. The molecular weight excluding hydrogens is 411 g/mol. The molecular formula is C18H15Cl3N4S. The predicted octanol–water partition coefficient (Wildman–Crippen LogP) is 6.17. The quantitative estimate of drug-likeness (QED) is 0.602. The smallest absolute Gasteiger partial charge is 0.197 e. The van der Waals surface area contributed by atoms with Crippen molar-refractivity contribution in [3.05, 3.63) is 75.0 Å². The molecule has 2 N–H and O–H groups in total. The molecule has 2 aromatic rings. The van der Waals surface area contributed by atoms with Gasteiger partial charge in [-0.25, -0.2) is 4.99 Å². The monoisotopic (exact) mass is 424 g/mol. The first-order valence-corrected chi connectivity index (χ1v) is 9.66. The zero-order valence-electron chi connectivity index (χ0n) is 13.8. The second kappa shape index (κ2) is 8.82.